The van der Waals surface area contributed by atoms with Crippen LogP contribution in [0.15, 0.2) is 0 Å². The number of unbranched alkanes of at least 4 members (excludes halogenated alkanes) is 2. The molecule has 0 aromatic heterocycles. The van der Waals surface area contributed by atoms with Crippen LogP contribution in [0.3, 0.4) is 0 Å². The fourth-order valence-electron chi connectivity index (χ4n) is 5.87. The van der Waals surface area contributed by atoms with Gasteiger partial charge in [0.2, 0.25) is 0 Å². The zero-order valence-corrected chi connectivity index (χ0v) is 18.4. The Kier molecular flexibility index (Phi) is 6.16. The van der Waals surface area contributed by atoms with Gasteiger partial charge in [0.15, 0.2) is 5.78 Å². The smallest absolute Gasteiger partial charge is 0.405 e. The van der Waals surface area contributed by atoms with E-state index in [1.807, 2.05) is 0 Å². The maximum absolute atomic E-state index is 12.6. The molecule has 0 radical (unpaired) electrons. The van der Waals surface area contributed by atoms with Crippen LogP contribution in [0, 0.1) is 23.2 Å². The standard InChI is InChI=1S/C22H40BNO3/c1-7-8-9-10-17(24)18(25)11-14(2)15(3)23-26-20-13-16-12-19(21(16,4)5)22(20,6)27-23/h14-17,19-20H,7-13,24H2,1-6H3/p+1/t14-,15+,16?,17-,19?,20?,22+/m0/s1. The third kappa shape index (κ3) is 3.76. The Morgan fingerprint density at radius 2 is 1.93 bits per heavy atom. The van der Waals surface area contributed by atoms with Gasteiger partial charge in [-0.1, -0.05) is 47.5 Å². The van der Waals surface area contributed by atoms with E-state index in [9.17, 15) is 4.79 Å². The normalized spacial score (nSPS) is 37.3. The SMILES string of the molecule is CCCCC[C@H]([NH3+])C(=O)C[C@H](C)[C@@H](C)B1OC2CC3CC(C3(C)C)[C@@]2(C)O1. The molecule has 1 heterocycles. The Labute approximate surface area is 166 Å². The first kappa shape index (κ1) is 21.3. The van der Waals surface area contributed by atoms with Crippen LogP contribution >= 0.6 is 0 Å². The molecule has 27 heavy (non-hydrogen) atoms. The maximum Gasteiger partial charge on any atom is 0.460 e. The molecule has 7 atom stereocenters. The lowest BCUT2D eigenvalue weighted by atomic mass is 9.43. The molecule has 3 aliphatic carbocycles. The van der Waals surface area contributed by atoms with Gasteiger partial charge < -0.3 is 15.0 Å². The molecule has 3 N–H and O–H groups in total. The van der Waals surface area contributed by atoms with Crippen molar-refractivity contribution in [2.45, 2.75) is 110 Å². The second kappa shape index (κ2) is 7.80. The minimum atomic E-state index is -0.179. The highest BCUT2D eigenvalue weighted by molar-refractivity contribution is 6.47. The number of rotatable bonds is 9. The summed E-state index contributed by atoms with van der Waals surface area (Å²) in [7, 11) is -0.179. The first-order chi connectivity index (χ1) is 12.6. The van der Waals surface area contributed by atoms with Gasteiger partial charge in [0.1, 0.15) is 6.04 Å². The molecule has 1 aliphatic heterocycles. The van der Waals surface area contributed by atoms with Gasteiger partial charge in [0.25, 0.3) is 0 Å². The van der Waals surface area contributed by atoms with E-state index in [0.29, 0.717) is 23.5 Å². The number of hydrogen-bond acceptors (Lipinski definition) is 3. The fourth-order valence-corrected chi connectivity index (χ4v) is 5.87. The average molecular weight is 378 g/mol. The summed E-state index contributed by atoms with van der Waals surface area (Å²) in [5, 5.41) is 0. The van der Waals surface area contributed by atoms with Crippen molar-refractivity contribution in [3.8, 4) is 0 Å². The second-order valence-electron chi connectivity index (χ2n) is 10.5. The molecule has 0 aromatic carbocycles. The Morgan fingerprint density at radius 3 is 2.56 bits per heavy atom. The molecule has 4 rings (SSSR count). The molecule has 4 fully saturated rings. The summed E-state index contributed by atoms with van der Waals surface area (Å²) in [4.78, 5) is 12.6. The summed E-state index contributed by atoms with van der Waals surface area (Å²) in [6, 6.07) is -0.0651. The topological polar surface area (TPSA) is 63.2 Å². The average Bonchev–Trinajstić information content (AvgIpc) is 2.97. The van der Waals surface area contributed by atoms with Crippen LogP contribution in [-0.2, 0) is 14.1 Å². The van der Waals surface area contributed by atoms with Gasteiger partial charge in [-0.2, -0.15) is 0 Å². The van der Waals surface area contributed by atoms with Gasteiger partial charge >= 0.3 is 7.12 Å². The summed E-state index contributed by atoms with van der Waals surface area (Å²) in [6.45, 7) is 13.6. The van der Waals surface area contributed by atoms with Crippen molar-refractivity contribution >= 4 is 12.9 Å². The van der Waals surface area contributed by atoms with Crippen molar-refractivity contribution in [1.29, 1.82) is 0 Å². The van der Waals surface area contributed by atoms with E-state index in [1.165, 1.54) is 19.3 Å². The predicted octanol–water partition coefficient (Wildman–Crippen LogP) is 3.89. The van der Waals surface area contributed by atoms with E-state index < -0.39 is 0 Å². The molecular weight excluding hydrogens is 337 g/mol. The van der Waals surface area contributed by atoms with E-state index in [4.69, 9.17) is 9.31 Å². The Balaban J connectivity index is 1.54. The Bertz CT molecular complexity index is 554. The minimum absolute atomic E-state index is 0.0651. The first-order valence-electron chi connectivity index (χ1n) is 11.3. The molecule has 1 saturated heterocycles. The van der Waals surface area contributed by atoms with Crippen LogP contribution in [-0.4, -0.2) is 30.6 Å². The van der Waals surface area contributed by atoms with E-state index in [1.54, 1.807) is 0 Å². The van der Waals surface area contributed by atoms with Crippen LogP contribution < -0.4 is 5.73 Å². The van der Waals surface area contributed by atoms with E-state index in [2.05, 4.69) is 47.3 Å². The van der Waals surface area contributed by atoms with Crippen molar-refractivity contribution in [1.82, 2.24) is 0 Å². The number of hydrogen-bond donors (Lipinski definition) is 1. The zero-order chi connectivity index (χ0) is 20.0. The highest BCUT2D eigenvalue weighted by Crippen LogP contribution is 2.66. The van der Waals surface area contributed by atoms with Crippen molar-refractivity contribution in [2.24, 2.45) is 23.2 Å². The summed E-state index contributed by atoms with van der Waals surface area (Å²) < 4.78 is 13.0. The third-order valence-corrected chi connectivity index (χ3v) is 8.43. The Hall–Kier alpha value is -0.385. The van der Waals surface area contributed by atoms with Crippen molar-refractivity contribution in [3.05, 3.63) is 0 Å². The van der Waals surface area contributed by atoms with Crippen LogP contribution in [0.2, 0.25) is 5.82 Å². The number of carbonyl (C=O) groups excluding carboxylic acids is 1. The molecule has 0 amide bonds. The van der Waals surface area contributed by atoms with Crippen LogP contribution in [0.5, 0.6) is 0 Å². The Morgan fingerprint density at radius 1 is 1.22 bits per heavy atom. The minimum Gasteiger partial charge on any atom is -0.405 e. The number of ketones is 1. The largest absolute Gasteiger partial charge is 0.460 e. The molecule has 3 saturated carbocycles. The van der Waals surface area contributed by atoms with E-state index in [0.717, 1.165) is 25.2 Å². The third-order valence-electron chi connectivity index (χ3n) is 8.43. The summed E-state index contributed by atoms with van der Waals surface area (Å²) in [5.41, 5.74) is 4.32. The van der Waals surface area contributed by atoms with Crippen LogP contribution in [0.25, 0.3) is 0 Å². The van der Waals surface area contributed by atoms with Crippen LogP contribution in [0.4, 0.5) is 0 Å². The van der Waals surface area contributed by atoms with Gasteiger partial charge in [-0.3, -0.25) is 4.79 Å². The molecule has 4 nitrogen and oxygen atoms in total. The van der Waals surface area contributed by atoms with Crippen LogP contribution in [0.1, 0.15) is 86.5 Å². The van der Waals surface area contributed by atoms with Gasteiger partial charge in [0, 0.05) is 12.8 Å². The molecule has 5 heteroatoms. The molecular formula is C22H41BNO3+. The molecule has 154 valence electrons. The monoisotopic (exact) mass is 378 g/mol. The first-order valence-corrected chi connectivity index (χ1v) is 11.3. The van der Waals surface area contributed by atoms with E-state index in [-0.39, 0.29) is 36.6 Å². The fraction of sp³-hybridized carbons (Fsp3) is 0.955. The quantitative estimate of drug-likeness (QED) is 0.489. The van der Waals surface area contributed by atoms with Gasteiger partial charge in [0.05, 0.1) is 11.7 Å². The maximum atomic E-state index is 12.6. The lowest BCUT2D eigenvalue weighted by Crippen LogP contribution is -2.65. The lowest BCUT2D eigenvalue weighted by molar-refractivity contribution is -0.404. The summed E-state index contributed by atoms with van der Waals surface area (Å²) in [6.07, 6.45) is 7.60. The van der Waals surface area contributed by atoms with E-state index >= 15 is 0 Å². The van der Waals surface area contributed by atoms with Crippen molar-refractivity contribution in [3.63, 3.8) is 0 Å². The summed E-state index contributed by atoms with van der Waals surface area (Å²) >= 11 is 0. The predicted molar refractivity (Wildman–Crippen MR) is 109 cm³/mol. The van der Waals surface area contributed by atoms with Gasteiger partial charge in [-0.15, -0.1) is 0 Å². The van der Waals surface area contributed by atoms with Gasteiger partial charge in [-0.25, -0.2) is 0 Å². The molecule has 0 spiro atoms. The number of quaternary nitrogens is 1. The molecule has 2 bridgehead atoms. The second-order valence-corrected chi connectivity index (χ2v) is 10.5. The highest BCUT2D eigenvalue weighted by atomic mass is 16.7. The lowest BCUT2D eigenvalue weighted by Gasteiger charge is -2.64. The highest BCUT2D eigenvalue weighted by Gasteiger charge is 2.68. The molecule has 4 aliphatic rings. The van der Waals surface area contributed by atoms with Crippen molar-refractivity contribution in [2.75, 3.05) is 0 Å². The molecule has 3 unspecified atom stereocenters. The van der Waals surface area contributed by atoms with Gasteiger partial charge in [-0.05, 0) is 55.2 Å². The number of Topliss-reactive ketones (excluding diaryl/α,β-unsaturated/α-hetero) is 1. The molecule has 0 aromatic rings. The summed E-state index contributed by atoms with van der Waals surface area (Å²) in [5.74, 6) is 2.14. The van der Waals surface area contributed by atoms with Crippen molar-refractivity contribution < 1.29 is 19.8 Å². The number of carbonyl (C=O) groups is 1. The zero-order valence-electron chi connectivity index (χ0n) is 18.4.